The lowest BCUT2D eigenvalue weighted by molar-refractivity contribution is 0.476. The summed E-state index contributed by atoms with van der Waals surface area (Å²) in [5.41, 5.74) is 4.00. The Balaban J connectivity index is 2.30. The van der Waals surface area contributed by atoms with E-state index in [1.54, 1.807) is 12.1 Å². The van der Waals surface area contributed by atoms with E-state index in [0.29, 0.717) is 0 Å². The Morgan fingerprint density at radius 1 is 1.25 bits per heavy atom. The van der Waals surface area contributed by atoms with Crippen LogP contribution in [0.3, 0.4) is 0 Å². The largest absolute Gasteiger partial charge is 0.505 e. The van der Waals surface area contributed by atoms with Crippen LogP contribution in [-0.2, 0) is 7.05 Å². The van der Waals surface area contributed by atoms with Gasteiger partial charge in [0.2, 0.25) is 0 Å². The maximum absolute atomic E-state index is 9.57. The fraction of sp³-hybridized carbons (Fsp3) is 0.357. The molecule has 2 N–H and O–H groups in total. The van der Waals surface area contributed by atoms with Gasteiger partial charge in [-0.1, -0.05) is 23.2 Å². The smallest absolute Gasteiger partial charge is 0.152 e. The average molecular weight is 314 g/mol. The van der Waals surface area contributed by atoms with Gasteiger partial charge >= 0.3 is 0 Å². The first-order valence-electron chi connectivity index (χ1n) is 6.26. The Hall–Kier alpha value is -1.39. The van der Waals surface area contributed by atoms with E-state index >= 15 is 0 Å². The van der Waals surface area contributed by atoms with E-state index in [9.17, 15) is 5.11 Å². The molecule has 1 aromatic heterocycles. The second kappa shape index (κ2) is 5.54. The van der Waals surface area contributed by atoms with Gasteiger partial charge in [0.05, 0.1) is 21.8 Å². The lowest BCUT2D eigenvalue weighted by Crippen LogP contribution is -2.09. The third-order valence-electron chi connectivity index (χ3n) is 3.40. The van der Waals surface area contributed by atoms with E-state index < -0.39 is 0 Å². The van der Waals surface area contributed by atoms with Crippen LogP contribution in [0.1, 0.15) is 29.9 Å². The predicted octanol–water partition coefficient (Wildman–Crippen LogP) is 4.22. The van der Waals surface area contributed by atoms with Gasteiger partial charge in [0, 0.05) is 24.0 Å². The zero-order valence-corrected chi connectivity index (χ0v) is 13.3. The molecule has 1 aromatic carbocycles. The van der Waals surface area contributed by atoms with E-state index in [-0.39, 0.29) is 21.8 Å². The first-order valence-corrected chi connectivity index (χ1v) is 7.01. The van der Waals surface area contributed by atoms with Crippen molar-refractivity contribution in [3.05, 3.63) is 39.1 Å². The van der Waals surface area contributed by atoms with Crippen LogP contribution < -0.4 is 5.32 Å². The molecule has 0 fully saturated rings. The summed E-state index contributed by atoms with van der Waals surface area (Å²) >= 11 is 11.8. The number of hydrogen-bond acceptors (Lipinski definition) is 3. The summed E-state index contributed by atoms with van der Waals surface area (Å²) in [6.07, 6.45) is 0. The molecule has 0 spiro atoms. The number of phenolic OH excluding ortho intramolecular Hbond substituents is 1. The predicted molar refractivity (Wildman–Crippen MR) is 82.8 cm³/mol. The van der Waals surface area contributed by atoms with Crippen LogP contribution in [0.15, 0.2) is 12.1 Å². The number of nitrogens with zero attached hydrogens (tertiary/aromatic N) is 2. The molecule has 0 aliphatic rings. The molecule has 6 heteroatoms. The number of aromatic hydroxyl groups is 1. The van der Waals surface area contributed by atoms with E-state index in [0.717, 1.165) is 22.6 Å². The number of halogens is 2. The first kappa shape index (κ1) is 15.0. The maximum atomic E-state index is 9.57. The summed E-state index contributed by atoms with van der Waals surface area (Å²) in [5.74, 6) is -0.0970. The number of benzene rings is 1. The van der Waals surface area contributed by atoms with Gasteiger partial charge in [-0.05, 0) is 32.9 Å². The third kappa shape index (κ3) is 2.72. The second-order valence-electron chi connectivity index (χ2n) is 4.86. The molecule has 0 saturated carbocycles. The topological polar surface area (TPSA) is 50.1 Å². The van der Waals surface area contributed by atoms with Crippen molar-refractivity contribution in [2.75, 3.05) is 5.32 Å². The van der Waals surface area contributed by atoms with Crippen LogP contribution in [0, 0.1) is 13.8 Å². The Morgan fingerprint density at radius 3 is 2.25 bits per heavy atom. The van der Waals surface area contributed by atoms with E-state index in [4.69, 9.17) is 23.2 Å². The molecule has 1 heterocycles. The highest BCUT2D eigenvalue weighted by atomic mass is 35.5. The van der Waals surface area contributed by atoms with E-state index in [1.165, 1.54) is 0 Å². The quantitative estimate of drug-likeness (QED) is 0.834. The summed E-state index contributed by atoms with van der Waals surface area (Å²) in [7, 11) is 1.92. The summed E-state index contributed by atoms with van der Waals surface area (Å²) in [4.78, 5) is 0. The Morgan fingerprint density at radius 2 is 1.80 bits per heavy atom. The van der Waals surface area contributed by atoms with Gasteiger partial charge in [0.15, 0.2) is 5.75 Å². The minimum Gasteiger partial charge on any atom is -0.505 e. The van der Waals surface area contributed by atoms with Gasteiger partial charge in [-0.3, -0.25) is 4.68 Å². The van der Waals surface area contributed by atoms with Crippen LogP contribution in [0.2, 0.25) is 10.0 Å². The molecule has 2 aromatic rings. The van der Waals surface area contributed by atoms with Crippen LogP contribution in [0.25, 0.3) is 0 Å². The zero-order valence-electron chi connectivity index (χ0n) is 11.8. The standard InChI is InChI=1S/C14H17Cl2N3O/c1-7(13-8(2)18-19(4)9(13)3)17-10-5-11(15)14(20)12(16)6-10/h5-7,17,20H,1-4H3. The SMILES string of the molecule is Cc1nn(C)c(C)c1C(C)Nc1cc(Cl)c(O)c(Cl)c1. The summed E-state index contributed by atoms with van der Waals surface area (Å²) in [6.45, 7) is 6.06. The van der Waals surface area contributed by atoms with Crippen molar-refractivity contribution < 1.29 is 5.11 Å². The third-order valence-corrected chi connectivity index (χ3v) is 3.97. The normalized spacial score (nSPS) is 12.5. The number of anilines is 1. The van der Waals surface area contributed by atoms with Gasteiger partial charge < -0.3 is 10.4 Å². The number of rotatable bonds is 3. The van der Waals surface area contributed by atoms with E-state index in [1.807, 2.05) is 32.5 Å². The maximum Gasteiger partial charge on any atom is 0.152 e. The number of phenols is 1. The van der Waals surface area contributed by atoms with Crippen molar-refractivity contribution in [1.82, 2.24) is 9.78 Å². The van der Waals surface area contributed by atoms with Gasteiger partial charge in [-0.15, -0.1) is 0 Å². The number of aryl methyl sites for hydroxylation is 2. The van der Waals surface area contributed by atoms with Crippen LogP contribution in [0.4, 0.5) is 5.69 Å². The molecule has 108 valence electrons. The Kier molecular flexibility index (Phi) is 4.16. The number of aromatic nitrogens is 2. The lowest BCUT2D eigenvalue weighted by atomic mass is 10.1. The molecule has 0 amide bonds. The molecule has 1 unspecified atom stereocenters. The minimum atomic E-state index is -0.0970. The van der Waals surface area contributed by atoms with Gasteiger partial charge in [-0.25, -0.2) is 0 Å². The molecule has 0 aliphatic heterocycles. The fourth-order valence-corrected chi connectivity index (χ4v) is 2.87. The van der Waals surface area contributed by atoms with E-state index in [2.05, 4.69) is 10.4 Å². The highest BCUT2D eigenvalue weighted by Gasteiger charge is 2.17. The molecule has 0 aliphatic carbocycles. The number of hydrogen-bond donors (Lipinski definition) is 2. The van der Waals surface area contributed by atoms with Crippen molar-refractivity contribution in [1.29, 1.82) is 0 Å². The Bertz CT molecular complexity index is 629. The zero-order chi connectivity index (χ0) is 15.0. The molecular formula is C14H17Cl2N3O. The van der Waals surface area contributed by atoms with Crippen molar-refractivity contribution in [3.63, 3.8) is 0 Å². The molecule has 1 atom stereocenters. The molecule has 2 rings (SSSR count). The molecule has 0 saturated heterocycles. The molecular weight excluding hydrogens is 297 g/mol. The lowest BCUT2D eigenvalue weighted by Gasteiger charge is -2.17. The molecule has 4 nitrogen and oxygen atoms in total. The van der Waals surface area contributed by atoms with Gasteiger partial charge in [0.1, 0.15) is 0 Å². The highest BCUT2D eigenvalue weighted by Crippen LogP contribution is 2.36. The van der Waals surface area contributed by atoms with Crippen LogP contribution in [0.5, 0.6) is 5.75 Å². The molecule has 0 radical (unpaired) electrons. The monoisotopic (exact) mass is 313 g/mol. The summed E-state index contributed by atoms with van der Waals surface area (Å²) in [6, 6.07) is 3.36. The number of nitrogens with one attached hydrogen (secondary N) is 1. The Labute approximate surface area is 128 Å². The molecule has 0 bridgehead atoms. The fourth-order valence-electron chi connectivity index (χ4n) is 2.39. The van der Waals surface area contributed by atoms with Crippen molar-refractivity contribution in [3.8, 4) is 5.75 Å². The van der Waals surface area contributed by atoms with Gasteiger partial charge in [-0.2, -0.15) is 5.10 Å². The second-order valence-corrected chi connectivity index (χ2v) is 5.68. The highest BCUT2D eigenvalue weighted by molar-refractivity contribution is 6.37. The average Bonchev–Trinajstić information content (AvgIpc) is 2.60. The van der Waals surface area contributed by atoms with Crippen molar-refractivity contribution in [2.45, 2.75) is 26.8 Å². The summed E-state index contributed by atoms with van der Waals surface area (Å²) in [5, 5.41) is 17.8. The van der Waals surface area contributed by atoms with Gasteiger partial charge in [0.25, 0.3) is 0 Å². The minimum absolute atomic E-state index is 0.0559. The summed E-state index contributed by atoms with van der Waals surface area (Å²) < 4.78 is 1.86. The molecule has 20 heavy (non-hydrogen) atoms. The first-order chi connectivity index (χ1) is 9.31. The van der Waals surface area contributed by atoms with Crippen LogP contribution >= 0.6 is 23.2 Å². The van der Waals surface area contributed by atoms with Crippen LogP contribution in [-0.4, -0.2) is 14.9 Å². The van der Waals surface area contributed by atoms with Crippen molar-refractivity contribution in [2.24, 2.45) is 7.05 Å². The van der Waals surface area contributed by atoms with Crippen molar-refractivity contribution >= 4 is 28.9 Å².